The van der Waals surface area contributed by atoms with Crippen LogP contribution < -0.4 is 0 Å². The summed E-state index contributed by atoms with van der Waals surface area (Å²) in [5, 5.41) is 29.7. The maximum absolute atomic E-state index is 11.0. The molecule has 1 saturated carbocycles. The van der Waals surface area contributed by atoms with E-state index < -0.39 is 23.6 Å². The van der Waals surface area contributed by atoms with Crippen molar-refractivity contribution in [2.24, 2.45) is 17.3 Å². The van der Waals surface area contributed by atoms with Crippen LogP contribution in [0.4, 0.5) is 0 Å². The second kappa shape index (κ2) is 4.76. The minimum absolute atomic E-state index is 0.112. The Morgan fingerprint density at radius 1 is 1.37 bits per heavy atom. The lowest BCUT2D eigenvalue weighted by Crippen LogP contribution is -2.51. The summed E-state index contributed by atoms with van der Waals surface area (Å²) < 4.78 is 0. The summed E-state index contributed by atoms with van der Waals surface area (Å²) in [4.78, 5) is 11.0. The predicted molar refractivity (Wildman–Crippen MR) is 71.5 cm³/mol. The standard InChI is InChI=1S/C15H22O4/c1-8-4-5-12(16)15(3)11(8)6-10(7-13(15)17)9(2)14(18)19/h6,8,10,12-13,16-17H,2,4-5,7H2,1,3H3,(H,18,19)/t8-,10-,12+,13-,15+/m0/s1. The lowest BCUT2D eigenvalue weighted by molar-refractivity contribution is -0.133. The Morgan fingerprint density at radius 3 is 2.58 bits per heavy atom. The number of aliphatic carboxylic acids is 1. The van der Waals surface area contributed by atoms with Gasteiger partial charge in [-0.25, -0.2) is 4.79 Å². The molecule has 106 valence electrons. The van der Waals surface area contributed by atoms with Crippen molar-refractivity contribution in [2.45, 2.75) is 45.3 Å². The van der Waals surface area contributed by atoms with E-state index in [-0.39, 0.29) is 17.4 Å². The molecule has 4 nitrogen and oxygen atoms in total. The first-order valence-electron chi connectivity index (χ1n) is 6.78. The van der Waals surface area contributed by atoms with Crippen LogP contribution in [0.15, 0.2) is 23.8 Å². The Labute approximate surface area is 113 Å². The molecule has 0 aromatic carbocycles. The van der Waals surface area contributed by atoms with Crippen molar-refractivity contribution in [1.82, 2.24) is 0 Å². The van der Waals surface area contributed by atoms with E-state index in [1.807, 2.05) is 13.0 Å². The van der Waals surface area contributed by atoms with Gasteiger partial charge in [-0.15, -0.1) is 0 Å². The SMILES string of the molecule is C=C(C(=O)O)[C@H]1C=C2[C@@H](C)CC[C@@H](O)[C@]2(C)[C@@H](O)C1. The van der Waals surface area contributed by atoms with E-state index in [1.54, 1.807) is 0 Å². The monoisotopic (exact) mass is 266 g/mol. The summed E-state index contributed by atoms with van der Waals surface area (Å²) in [6.07, 6.45) is 2.47. The molecule has 0 radical (unpaired) electrons. The molecular weight excluding hydrogens is 244 g/mol. The third-order valence-corrected chi connectivity index (χ3v) is 4.99. The first-order valence-corrected chi connectivity index (χ1v) is 6.78. The topological polar surface area (TPSA) is 77.8 Å². The normalized spacial score (nSPS) is 42.2. The molecule has 0 unspecified atom stereocenters. The van der Waals surface area contributed by atoms with Crippen LogP contribution in [0.1, 0.15) is 33.1 Å². The highest BCUT2D eigenvalue weighted by Gasteiger charge is 2.50. The summed E-state index contributed by atoms with van der Waals surface area (Å²) >= 11 is 0. The number of carboxylic acid groups (broad SMARTS) is 1. The fourth-order valence-electron chi connectivity index (χ4n) is 3.52. The second-order valence-electron chi connectivity index (χ2n) is 6.09. The zero-order chi connectivity index (χ0) is 14.4. The molecule has 19 heavy (non-hydrogen) atoms. The second-order valence-corrected chi connectivity index (χ2v) is 6.09. The first-order chi connectivity index (χ1) is 8.78. The maximum Gasteiger partial charge on any atom is 0.331 e. The highest BCUT2D eigenvalue weighted by molar-refractivity contribution is 5.86. The van der Waals surface area contributed by atoms with E-state index in [0.717, 1.165) is 12.0 Å². The molecule has 1 fully saturated rings. The van der Waals surface area contributed by atoms with Crippen LogP contribution in [-0.2, 0) is 4.79 Å². The van der Waals surface area contributed by atoms with Gasteiger partial charge in [-0.1, -0.05) is 32.1 Å². The van der Waals surface area contributed by atoms with E-state index in [4.69, 9.17) is 5.11 Å². The smallest absolute Gasteiger partial charge is 0.331 e. The van der Waals surface area contributed by atoms with Gasteiger partial charge in [0.15, 0.2) is 0 Å². The molecule has 0 amide bonds. The molecule has 2 rings (SSSR count). The van der Waals surface area contributed by atoms with Crippen molar-refractivity contribution in [3.05, 3.63) is 23.8 Å². The van der Waals surface area contributed by atoms with E-state index in [1.165, 1.54) is 0 Å². The lowest BCUT2D eigenvalue weighted by Gasteiger charge is -2.50. The summed E-state index contributed by atoms with van der Waals surface area (Å²) in [7, 11) is 0. The fraction of sp³-hybridized carbons (Fsp3) is 0.667. The summed E-state index contributed by atoms with van der Waals surface area (Å²) in [6, 6.07) is 0. The van der Waals surface area contributed by atoms with Crippen LogP contribution in [-0.4, -0.2) is 33.5 Å². The van der Waals surface area contributed by atoms with Crippen molar-refractivity contribution in [3.8, 4) is 0 Å². The molecule has 0 aromatic rings. The Hall–Kier alpha value is -1.13. The van der Waals surface area contributed by atoms with Crippen LogP contribution in [0.2, 0.25) is 0 Å². The Morgan fingerprint density at radius 2 is 2.00 bits per heavy atom. The average Bonchev–Trinajstić information content (AvgIpc) is 2.35. The minimum atomic E-state index is -1.03. The van der Waals surface area contributed by atoms with Crippen molar-refractivity contribution >= 4 is 5.97 Å². The van der Waals surface area contributed by atoms with Gasteiger partial charge in [0.05, 0.1) is 12.2 Å². The van der Waals surface area contributed by atoms with Gasteiger partial charge in [0, 0.05) is 16.9 Å². The summed E-state index contributed by atoms with van der Waals surface area (Å²) in [5.41, 5.74) is 0.450. The molecule has 2 aliphatic rings. The van der Waals surface area contributed by atoms with Crippen LogP contribution >= 0.6 is 0 Å². The van der Waals surface area contributed by atoms with Crippen LogP contribution in [0, 0.1) is 17.3 Å². The van der Waals surface area contributed by atoms with Gasteiger partial charge in [0.1, 0.15) is 0 Å². The van der Waals surface area contributed by atoms with E-state index in [2.05, 4.69) is 13.5 Å². The number of allylic oxidation sites excluding steroid dienone is 1. The number of rotatable bonds is 2. The molecular formula is C15H22O4. The number of fused-ring (bicyclic) bond motifs is 1. The van der Waals surface area contributed by atoms with Gasteiger partial charge in [-0.2, -0.15) is 0 Å². The molecule has 0 aromatic heterocycles. The third-order valence-electron chi connectivity index (χ3n) is 4.99. The van der Waals surface area contributed by atoms with E-state index in [0.29, 0.717) is 12.8 Å². The van der Waals surface area contributed by atoms with Gasteiger partial charge in [-0.05, 0) is 25.2 Å². The summed E-state index contributed by atoms with van der Waals surface area (Å²) in [6.45, 7) is 7.54. The van der Waals surface area contributed by atoms with Crippen molar-refractivity contribution < 1.29 is 20.1 Å². The van der Waals surface area contributed by atoms with E-state index in [9.17, 15) is 15.0 Å². The minimum Gasteiger partial charge on any atom is -0.478 e. The molecule has 0 aliphatic heterocycles. The average molecular weight is 266 g/mol. The van der Waals surface area contributed by atoms with Gasteiger partial charge >= 0.3 is 5.97 Å². The van der Waals surface area contributed by atoms with E-state index >= 15 is 0 Å². The molecule has 5 atom stereocenters. The van der Waals surface area contributed by atoms with Crippen LogP contribution in [0.3, 0.4) is 0 Å². The quantitative estimate of drug-likeness (QED) is 0.525. The molecule has 0 bridgehead atoms. The van der Waals surface area contributed by atoms with Crippen LogP contribution in [0.25, 0.3) is 0 Å². The largest absolute Gasteiger partial charge is 0.478 e. The predicted octanol–water partition coefficient (Wildman–Crippen LogP) is 1.73. The fourth-order valence-corrected chi connectivity index (χ4v) is 3.52. The number of hydrogen-bond acceptors (Lipinski definition) is 3. The Kier molecular flexibility index (Phi) is 3.58. The Bertz CT molecular complexity index is 439. The lowest BCUT2D eigenvalue weighted by atomic mass is 9.57. The molecule has 0 spiro atoms. The maximum atomic E-state index is 11.0. The van der Waals surface area contributed by atoms with Crippen molar-refractivity contribution in [3.63, 3.8) is 0 Å². The third kappa shape index (κ3) is 2.13. The van der Waals surface area contributed by atoms with Crippen LogP contribution in [0.5, 0.6) is 0 Å². The molecule has 2 aliphatic carbocycles. The van der Waals surface area contributed by atoms with Gasteiger partial charge in [-0.3, -0.25) is 0 Å². The zero-order valence-corrected chi connectivity index (χ0v) is 11.5. The van der Waals surface area contributed by atoms with Gasteiger partial charge < -0.3 is 15.3 Å². The first kappa shape index (κ1) is 14.3. The molecule has 3 N–H and O–H groups in total. The highest BCUT2D eigenvalue weighted by atomic mass is 16.4. The van der Waals surface area contributed by atoms with Crippen molar-refractivity contribution in [1.29, 1.82) is 0 Å². The zero-order valence-electron chi connectivity index (χ0n) is 11.5. The molecule has 0 saturated heterocycles. The number of aliphatic hydroxyl groups is 2. The number of aliphatic hydroxyl groups excluding tert-OH is 2. The summed E-state index contributed by atoms with van der Waals surface area (Å²) in [5.74, 6) is -1.11. The number of carbonyl (C=O) groups is 1. The molecule has 4 heteroatoms. The van der Waals surface area contributed by atoms with Gasteiger partial charge in [0.2, 0.25) is 0 Å². The number of hydrogen-bond donors (Lipinski definition) is 3. The Balaban J connectivity index is 2.41. The highest BCUT2D eigenvalue weighted by Crippen LogP contribution is 2.51. The van der Waals surface area contributed by atoms with Gasteiger partial charge in [0.25, 0.3) is 0 Å². The molecule has 0 heterocycles. The van der Waals surface area contributed by atoms with Crippen molar-refractivity contribution in [2.75, 3.05) is 0 Å². The number of carboxylic acids is 1.